The monoisotopic (exact) mass is 282 g/mol. The highest BCUT2D eigenvalue weighted by atomic mass is 32.2. The van der Waals surface area contributed by atoms with Crippen molar-refractivity contribution in [2.45, 2.75) is 30.6 Å². The predicted octanol–water partition coefficient (Wildman–Crippen LogP) is 2.90. The van der Waals surface area contributed by atoms with Crippen LogP contribution < -0.4 is 5.73 Å². The molecule has 1 aromatic rings. The first-order valence-corrected chi connectivity index (χ1v) is 7.61. The van der Waals surface area contributed by atoms with Crippen LogP contribution in [0.4, 0.5) is 10.1 Å². The zero-order valence-corrected chi connectivity index (χ0v) is 11.7. The number of thioether (sulfide) groups is 1. The zero-order valence-electron chi connectivity index (χ0n) is 10.9. The maximum Gasteiger partial charge on any atom is 0.232 e. The van der Waals surface area contributed by atoms with Gasteiger partial charge in [0.1, 0.15) is 5.82 Å². The Morgan fingerprint density at radius 3 is 2.58 bits per heavy atom. The summed E-state index contributed by atoms with van der Waals surface area (Å²) < 4.78 is 12.9. The standard InChI is InChI=1S/C14H19FN2OS/c15-11-5-6-13(12(16)9-11)19-10-14(18)17-7-3-1-2-4-8-17/h5-6,9H,1-4,7-8,10,16H2. The van der Waals surface area contributed by atoms with Gasteiger partial charge in [-0.25, -0.2) is 4.39 Å². The molecular weight excluding hydrogens is 263 g/mol. The van der Waals surface area contributed by atoms with E-state index in [4.69, 9.17) is 5.73 Å². The van der Waals surface area contributed by atoms with Crippen molar-refractivity contribution in [2.75, 3.05) is 24.6 Å². The third-order valence-corrected chi connectivity index (χ3v) is 4.36. The summed E-state index contributed by atoms with van der Waals surface area (Å²) in [5, 5.41) is 0. The van der Waals surface area contributed by atoms with Gasteiger partial charge in [0.25, 0.3) is 0 Å². The summed E-state index contributed by atoms with van der Waals surface area (Å²) in [6.07, 6.45) is 4.61. The Kier molecular flexibility index (Phi) is 5.07. The molecule has 19 heavy (non-hydrogen) atoms. The molecule has 0 spiro atoms. The number of amides is 1. The van der Waals surface area contributed by atoms with E-state index < -0.39 is 0 Å². The molecule has 0 bridgehead atoms. The highest BCUT2D eigenvalue weighted by Gasteiger charge is 2.16. The number of halogens is 1. The molecule has 0 atom stereocenters. The molecule has 0 aromatic heterocycles. The van der Waals surface area contributed by atoms with E-state index in [0.717, 1.165) is 30.8 Å². The molecule has 5 heteroatoms. The molecule has 0 aliphatic carbocycles. The fourth-order valence-electron chi connectivity index (χ4n) is 2.20. The summed E-state index contributed by atoms with van der Waals surface area (Å²) in [6, 6.07) is 4.29. The van der Waals surface area contributed by atoms with E-state index in [0.29, 0.717) is 11.4 Å². The second-order valence-corrected chi connectivity index (χ2v) is 5.78. The average Bonchev–Trinajstić information content (AvgIpc) is 2.66. The zero-order chi connectivity index (χ0) is 13.7. The van der Waals surface area contributed by atoms with E-state index in [9.17, 15) is 9.18 Å². The minimum absolute atomic E-state index is 0.149. The summed E-state index contributed by atoms with van der Waals surface area (Å²) in [5.41, 5.74) is 6.12. The lowest BCUT2D eigenvalue weighted by Gasteiger charge is -2.20. The maximum absolute atomic E-state index is 12.9. The quantitative estimate of drug-likeness (QED) is 0.685. The van der Waals surface area contributed by atoms with Crippen LogP contribution >= 0.6 is 11.8 Å². The molecule has 0 saturated carbocycles. The number of carbonyl (C=O) groups is 1. The Hall–Kier alpha value is -1.23. The van der Waals surface area contributed by atoms with Gasteiger partial charge in [-0.2, -0.15) is 0 Å². The van der Waals surface area contributed by atoms with Crippen molar-refractivity contribution < 1.29 is 9.18 Å². The first-order valence-electron chi connectivity index (χ1n) is 6.62. The molecule has 1 heterocycles. The topological polar surface area (TPSA) is 46.3 Å². The van der Waals surface area contributed by atoms with Gasteiger partial charge in [0, 0.05) is 23.7 Å². The average molecular weight is 282 g/mol. The number of likely N-dealkylation sites (tertiary alicyclic amines) is 1. The van der Waals surface area contributed by atoms with Gasteiger partial charge >= 0.3 is 0 Å². The highest BCUT2D eigenvalue weighted by molar-refractivity contribution is 8.00. The van der Waals surface area contributed by atoms with Crippen molar-refractivity contribution in [3.63, 3.8) is 0 Å². The van der Waals surface area contributed by atoms with Gasteiger partial charge in [0.2, 0.25) is 5.91 Å². The van der Waals surface area contributed by atoms with Gasteiger partial charge in [-0.3, -0.25) is 4.79 Å². The second-order valence-electron chi connectivity index (χ2n) is 4.77. The van der Waals surface area contributed by atoms with Gasteiger partial charge in [0.15, 0.2) is 0 Å². The first kappa shape index (κ1) is 14.2. The molecule has 104 valence electrons. The molecule has 0 radical (unpaired) electrons. The minimum atomic E-state index is -0.347. The third kappa shape index (κ3) is 4.13. The van der Waals surface area contributed by atoms with E-state index in [1.807, 2.05) is 4.90 Å². The lowest BCUT2D eigenvalue weighted by molar-refractivity contribution is -0.128. The van der Waals surface area contributed by atoms with Gasteiger partial charge in [-0.05, 0) is 31.0 Å². The molecule has 0 unspecified atom stereocenters. The van der Waals surface area contributed by atoms with Crippen molar-refractivity contribution in [3.8, 4) is 0 Å². The Bertz CT molecular complexity index is 445. The molecule has 3 nitrogen and oxygen atoms in total. The highest BCUT2D eigenvalue weighted by Crippen LogP contribution is 2.26. The number of rotatable bonds is 3. The van der Waals surface area contributed by atoms with Crippen LogP contribution in [0.1, 0.15) is 25.7 Å². The Morgan fingerprint density at radius 1 is 1.26 bits per heavy atom. The SMILES string of the molecule is Nc1cc(F)ccc1SCC(=O)N1CCCCCC1. The molecular formula is C14H19FN2OS. The second kappa shape index (κ2) is 6.80. The number of nitrogens with two attached hydrogens (primary N) is 1. The normalized spacial score (nSPS) is 16.2. The number of benzene rings is 1. The van der Waals surface area contributed by atoms with Crippen molar-refractivity contribution >= 4 is 23.4 Å². The van der Waals surface area contributed by atoms with Crippen LogP contribution in [0, 0.1) is 5.82 Å². The molecule has 1 aliphatic heterocycles. The number of nitrogens with zero attached hydrogens (tertiary/aromatic N) is 1. The van der Waals surface area contributed by atoms with Gasteiger partial charge < -0.3 is 10.6 Å². The van der Waals surface area contributed by atoms with E-state index in [2.05, 4.69) is 0 Å². The number of nitrogen functional groups attached to an aromatic ring is 1. The number of hydrogen-bond donors (Lipinski definition) is 1. The number of carbonyl (C=O) groups excluding carboxylic acids is 1. The van der Waals surface area contributed by atoms with Crippen LogP contribution in [0.5, 0.6) is 0 Å². The molecule has 2 rings (SSSR count). The Balaban J connectivity index is 1.88. The fourth-order valence-corrected chi connectivity index (χ4v) is 3.05. The smallest absolute Gasteiger partial charge is 0.232 e. The minimum Gasteiger partial charge on any atom is -0.398 e. The van der Waals surface area contributed by atoms with Gasteiger partial charge in [-0.1, -0.05) is 12.8 Å². The first-order chi connectivity index (χ1) is 9.16. The van der Waals surface area contributed by atoms with Crippen LogP contribution in [0.25, 0.3) is 0 Å². The maximum atomic E-state index is 12.9. The summed E-state index contributed by atoms with van der Waals surface area (Å²) in [4.78, 5) is 14.8. The van der Waals surface area contributed by atoms with Crippen LogP contribution in [0.15, 0.2) is 23.1 Å². The summed E-state index contributed by atoms with van der Waals surface area (Å²) in [5.74, 6) is 0.173. The van der Waals surface area contributed by atoms with Gasteiger partial charge in [-0.15, -0.1) is 11.8 Å². The Morgan fingerprint density at radius 2 is 1.95 bits per heavy atom. The fraction of sp³-hybridized carbons (Fsp3) is 0.500. The van der Waals surface area contributed by atoms with Crippen LogP contribution in [0.3, 0.4) is 0 Å². The number of hydrogen-bond acceptors (Lipinski definition) is 3. The molecule has 1 saturated heterocycles. The summed E-state index contributed by atoms with van der Waals surface area (Å²) in [7, 11) is 0. The van der Waals surface area contributed by atoms with Crippen LogP contribution in [-0.4, -0.2) is 29.6 Å². The van der Waals surface area contributed by atoms with E-state index in [1.165, 1.54) is 36.7 Å². The Labute approximate surface area is 117 Å². The number of anilines is 1. The molecule has 1 amide bonds. The van der Waals surface area contributed by atoms with Crippen LogP contribution in [0.2, 0.25) is 0 Å². The van der Waals surface area contributed by atoms with E-state index in [1.54, 1.807) is 6.07 Å². The summed E-state index contributed by atoms with van der Waals surface area (Å²) in [6.45, 7) is 1.72. The van der Waals surface area contributed by atoms with Crippen molar-refractivity contribution in [3.05, 3.63) is 24.0 Å². The predicted molar refractivity (Wildman–Crippen MR) is 76.6 cm³/mol. The lowest BCUT2D eigenvalue weighted by Crippen LogP contribution is -2.33. The van der Waals surface area contributed by atoms with Gasteiger partial charge in [0.05, 0.1) is 5.75 Å². The molecule has 1 aliphatic rings. The van der Waals surface area contributed by atoms with Crippen molar-refractivity contribution in [1.29, 1.82) is 0 Å². The van der Waals surface area contributed by atoms with E-state index >= 15 is 0 Å². The third-order valence-electron chi connectivity index (χ3n) is 3.28. The molecule has 2 N–H and O–H groups in total. The molecule has 1 fully saturated rings. The molecule has 1 aromatic carbocycles. The largest absolute Gasteiger partial charge is 0.398 e. The lowest BCUT2D eigenvalue weighted by atomic mass is 10.2. The van der Waals surface area contributed by atoms with Crippen LogP contribution in [-0.2, 0) is 4.79 Å². The summed E-state index contributed by atoms with van der Waals surface area (Å²) >= 11 is 1.38. The van der Waals surface area contributed by atoms with E-state index in [-0.39, 0.29) is 11.7 Å². The van der Waals surface area contributed by atoms with Crippen molar-refractivity contribution in [2.24, 2.45) is 0 Å². The van der Waals surface area contributed by atoms with Crippen molar-refractivity contribution in [1.82, 2.24) is 4.90 Å².